The Morgan fingerprint density at radius 2 is 1.81 bits per heavy atom. The Morgan fingerprint density at radius 3 is 2.33 bits per heavy atom. The van der Waals surface area contributed by atoms with Crippen LogP contribution in [0.25, 0.3) is 0 Å². The Balaban J connectivity index is 1.92. The van der Waals surface area contributed by atoms with Crippen molar-refractivity contribution in [3.8, 4) is 0 Å². The Kier molecular flexibility index (Phi) is 4.56. The van der Waals surface area contributed by atoms with E-state index in [9.17, 15) is 9.59 Å². The number of likely N-dealkylation sites (N-methyl/N-ethyl adjacent to an activating group) is 1. The summed E-state index contributed by atoms with van der Waals surface area (Å²) < 4.78 is 0. The lowest BCUT2D eigenvalue weighted by molar-refractivity contribution is -0.141. The van der Waals surface area contributed by atoms with Gasteiger partial charge in [0.05, 0.1) is 0 Å². The highest BCUT2D eigenvalue weighted by atomic mass is 16.4. The molecule has 8 nitrogen and oxygen atoms in total. The van der Waals surface area contributed by atoms with Crippen LogP contribution in [0.4, 0.5) is 10.7 Å². The molecule has 1 atom stereocenters. The minimum Gasteiger partial charge on any atom is -0.480 e. The maximum Gasteiger partial charge on any atom is 0.326 e. The molecule has 1 aromatic heterocycles. The summed E-state index contributed by atoms with van der Waals surface area (Å²) in [5.41, 5.74) is 0. The normalized spacial score (nSPS) is 16.5. The van der Waals surface area contributed by atoms with Crippen molar-refractivity contribution < 1.29 is 14.7 Å². The summed E-state index contributed by atoms with van der Waals surface area (Å²) in [5.74, 6) is -0.362. The lowest BCUT2D eigenvalue weighted by Gasteiger charge is -2.37. The van der Waals surface area contributed by atoms with E-state index in [4.69, 9.17) is 5.11 Å². The number of hydrogen-bond acceptors (Lipinski definition) is 5. The van der Waals surface area contributed by atoms with Gasteiger partial charge in [0.25, 0.3) is 0 Å². The van der Waals surface area contributed by atoms with E-state index in [0.717, 1.165) is 0 Å². The third-order valence-electron chi connectivity index (χ3n) is 3.63. The Hall–Kier alpha value is -2.38. The average molecular weight is 293 g/mol. The van der Waals surface area contributed by atoms with Crippen molar-refractivity contribution in [3.05, 3.63) is 18.5 Å². The molecule has 1 saturated heterocycles. The van der Waals surface area contributed by atoms with Gasteiger partial charge in [0.15, 0.2) is 0 Å². The zero-order valence-electron chi connectivity index (χ0n) is 12.1. The summed E-state index contributed by atoms with van der Waals surface area (Å²) in [6.45, 7) is 3.80. The summed E-state index contributed by atoms with van der Waals surface area (Å²) in [4.78, 5) is 36.4. The van der Waals surface area contributed by atoms with E-state index in [1.165, 1.54) is 18.9 Å². The third-order valence-corrected chi connectivity index (χ3v) is 3.63. The lowest BCUT2D eigenvalue weighted by Crippen LogP contribution is -2.54. The van der Waals surface area contributed by atoms with Gasteiger partial charge in [0, 0.05) is 45.6 Å². The second kappa shape index (κ2) is 6.38. The summed E-state index contributed by atoms with van der Waals surface area (Å²) in [5, 5.41) is 8.95. The van der Waals surface area contributed by atoms with E-state index in [2.05, 4.69) is 9.97 Å². The first kappa shape index (κ1) is 15.0. The van der Waals surface area contributed by atoms with E-state index >= 15 is 0 Å². The van der Waals surface area contributed by atoms with E-state index in [1.54, 1.807) is 23.4 Å². The fourth-order valence-electron chi connectivity index (χ4n) is 2.11. The Morgan fingerprint density at radius 1 is 1.24 bits per heavy atom. The molecule has 0 bridgehead atoms. The summed E-state index contributed by atoms with van der Waals surface area (Å²) in [7, 11) is 1.51. The van der Waals surface area contributed by atoms with Crippen LogP contribution in [0.3, 0.4) is 0 Å². The van der Waals surface area contributed by atoms with Gasteiger partial charge in [-0.05, 0) is 13.0 Å². The number of hydrogen-bond donors (Lipinski definition) is 1. The number of piperazine rings is 1. The van der Waals surface area contributed by atoms with Crippen LogP contribution >= 0.6 is 0 Å². The average Bonchev–Trinajstić information content (AvgIpc) is 2.53. The molecule has 0 radical (unpaired) electrons. The van der Waals surface area contributed by atoms with Crippen LogP contribution in [0, 0.1) is 0 Å². The zero-order chi connectivity index (χ0) is 15.4. The molecule has 0 aliphatic carbocycles. The van der Waals surface area contributed by atoms with Crippen molar-refractivity contribution in [2.24, 2.45) is 0 Å². The van der Waals surface area contributed by atoms with E-state index in [0.29, 0.717) is 32.1 Å². The minimum absolute atomic E-state index is 0.265. The minimum atomic E-state index is -1.01. The second-order valence-electron chi connectivity index (χ2n) is 4.93. The van der Waals surface area contributed by atoms with Crippen molar-refractivity contribution in [3.63, 3.8) is 0 Å². The third kappa shape index (κ3) is 3.39. The van der Waals surface area contributed by atoms with Gasteiger partial charge in [0.2, 0.25) is 5.95 Å². The van der Waals surface area contributed by atoms with Gasteiger partial charge in [-0.2, -0.15) is 0 Å². The molecule has 1 aliphatic rings. The molecule has 1 unspecified atom stereocenters. The lowest BCUT2D eigenvalue weighted by atomic mass is 10.3. The van der Waals surface area contributed by atoms with Gasteiger partial charge >= 0.3 is 12.0 Å². The number of aliphatic carboxylic acids is 1. The predicted molar refractivity (Wildman–Crippen MR) is 76.1 cm³/mol. The highest BCUT2D eigenvalue weighted by Crippen LogP contribution is 2.11. The van der Waals surface area contributed by atoms with Gasteiger partial charge in [0.1, 0.15) is 6.04 Å². The molecule has 1 N–H and O–H groups in total. The quantitative estimate of drug-likeness (QED) is 0.851. The zero-order valence-corrected chi connectivity index (χ0v) is 12.1. The molecule has 8 heteroatoms. The van der Waals surface area contributed by atoms with Crippen LogP contribution < -0.4 is 4.90 Å². The number of amides is 2. The van der Waals surface area contributed by atoms with Crippen LogP contribution in [0.5, 0.6) is 0 Å². The number of carboxylic acid groups (broad SMARTS) is 1. The number of carbonyl (C=O) groups excluding carboxylic acids is 1. The monoisotopic (exact) mass is 293 g/mol. The van der Waals surface area contributed by atoms with E-state index in [1.807, 2.05) is 4.90 Å². The smallest absolute Gasteiger partial charge is 0.326 e. The molecule has 2 amide bonds. The number of urea groups is 1. The van der Waals surface area contributed by atoms with Crippen molar-refractivity contribution in [1.29, 1.82) is 0 Å². The Bertz CT molecular complexity index is 502. The molecule has 2 rings (SSSR count). The molecule has 21 heavy (non-hydrogen) atoms. The van der Waals surface area contributed by atoms with Crippen molar-refractivity contribution >= 4 is 17.9 Å². The van der Waals surface area contributed by atoms with Crippen LogP contribution in [0.15, 0.2) is 18.5 Å². The van der Waals surface area contributed by atoms with Crippen LogP contribution in [0.2, 0.25) is 0 Å². The topological polar surface area (TPSA) is 89.9 Å². The van der Waals surface area contributed by atoms with Crippen molar-refractivity contribution in [2.75, 3.05) is 38.1 Å². The van der Waals surface area contributed by atoms with Crippen molar-refractivity contribution in [2.45, 2.75) is 13.0 Å². The van der Waals surface area contributed by atoms with E-state index in [-0.39, 0.29) is 6.03 Å². The SMILES string of the molecule is CC(C(=O)O)N(C)C(=O)N1CCN(c2ncccn2)CC1. The fraction of sp³-hybridized carbons (Fsp3) is 0.538. The number of rotatable bonds is 3. The number of nitrogens with zero attached hydrogens (tertiary/aromatic N) is 5. The summed E-state index contributed by atoms with van der Waals surface area (Å²) >= 11 is 0. The maximum absolute atomic E-state index is 12.2. The number of anilines is 1. The van der Waals surface area contributed by atoms with Gasteiger partial charge < -0.3 is 19.8 Å². The van der Waals surface area contributed by atoms with Crippen LogP contribution in [-0.2, 0) is 4.79 Å². The summed E-state index contributed by atoms with van der Waals surface area (Å²) in [6.07, 6.45) is 3.37. The first-order valence-electron chi connectivity index (χ1n) is 6.77. The van der Waals surface area contributed by atoms with Gasteiger partial charge in [-0.15, -0.1) is 0 Å². The molecule has 114 valence electrons. The van der Waals surface area contributed by atoms with Gasteiger partial charge in [-0.25, -0.2) is 19.6 Å². The second-order valence-corrected chi connectivity index (χ2v) is 4.93. The maximum atomic E-state index is 12.2. The highest BCUT2D eigenvalue weighted by molar-refractivity contribution is 5.82. The molecular weight excluding hydrogens is 274 g/mol. The molecule has 1 fully saturated rings. The Labute approximate surface area is 123 Å². The molecule has 1 aromatic rings. The molecular formula is C13H19N5O3. The van der Waals surface area contributed by atoms with Crippen LogP contribution in [-0.4, -0.2) is 76.1 Å². The van der Waals surface area contributed by atoms with Gasteiger partial charge in [-0.1, -0.05) is 0 Å². The predicted octanol–water partition coefficient (Wildman–Crippen LogP) is 0.124. The van der Waals surface area contributed by atoms with Crippen molar-refractivity contribution in [1.82, 2.24) is 19.8 Å². The molecule has 0 saturated carbocycles. The fourth-order valence-corrected chi connectivity index (χ4v) is 2.11. The number of carboxylic acids is 1. The van der Waals surface area contributed by atoms with Gasteiger partial charge in [-0.3, -0.25) is 0 Å². The first-order chi connectivity index (χ1) is 10.0. The largest absolute Gasteiger partial charge is 0.480 e. The number of aromatic nitrogens is 2. The molecule has 0 aromatic carbocycles. The van der Waals surface area contributed by atoms with Crippen LogP contribution in [0.1, 0.15) is 6.92 Å². The standard InChI is InChI=1S/C13H19N5O3/c1-10(11(19)20)16(2)13(21)18-8-6-17(7-9-18)12-14-4-3-5-15-12/h3-5,10H,6-9H2,1-2H3,(H,19,20). The van der Waals surface area contributed by atoms with E-state index < -0.39 is 12.0 Å². The number of carbonyl (C=O) groups is 2. The molecule has 1 aliphatic heterocycles. The molecule has 0 spiro atoms. The first-order valence-corrected chi connectivity index (χ1v) is 6.77. The molecule has 2 heterocycles. The summed E-state index contributed by atoms with van der Waals surface area (Å²) in [6, 6.07) is 0.650. The highest BCUT2D eigenvalue weighted by Gasteiger charge is 2.28.